The third-order valence-electron chi connectivity index (χ3n) is 2.59. The lowest BCUT2D eigenvalue weighted by atomic mass is 10.1. The normalized spacial score (nSPS) is 11.1. The number of hydrogen-bond acceptors (Lipinski definition) is 1. The number of fused-ring (bicyclic) bond motifs is 1. The zero-order valence-corrected chi connectivity index (χ0v) is 11.0. The molecule has 1 heterocycles. The van der Waals surface area contributed by atoms with Gasteiger partial charge in [-0.1, -0.05) is 11.6 Å². The van der Waals surface area contributed by atoms with E-state index in [0.717, 1.165) is 0 Å². The molecule has 0 atom stereocenters. The van der Waals surface area contributed by atoms with Crippen molar-refractivity contribution in [1.29, 1.82) is 0 Å². The van der Waals surface area contributed by atoms with Gasteiger partial charge in [0.15, 0.2) is 0 Å². The second-order valence-electron chi connectivity index (χ2n) is 3.59. The maximum atomic E-state index is 13.4. The molecule has 0 amide bonds. The summed E-state index contributed by atoms with van der Waals surface area (Å²) in [6.45, 7) is 1.65. The second kappa shape index (κ2) is 3.86. The highest BCUT2D eigenvalue weighted by molar-refractivity contribution is 9.10. The van der Waals surface area contributed by atoms with Gasteiger partial charge in [-0.05, 0) is 35.0 Å². The van der Waals surface area contributed by atoms with Gasteiger partial charge in [0.25, 0.3) is 5.56 Å². The quantitative estimate of drug-likeness (QED) is 0.731. The van der Waals surface area contributed by atoms with Crippen molar-refractivity contribution in [2.45, 2.75) is 6.92 Å². The predicted molar refractivity (Wildman–Crippen MR) is 66.6 cm³/mol. The van der Waals surface area contributed by atoms with Crippen molar-refractivity contribution in [2.24, 2.45) is 7.05 Å². The largest absolute Gasteiger partial charge is 0.311 e. The Kier molecular flexibility index (Phi) is 2.80. The third kappa shape index (κ3) is 1.57. The zero-order valence-electron chi connectivity index (χ0n) is 8.64. The van der Waals surface area contributed by atoms with Gasteiger partial charge in [0, 0.05) is 18.0 Å². The van der Waals surface area contributed by atoms with Crippen LogP contribution in [-0.4, -0.2) is 4.57 Å². The van der Waals surface area contributed by atoms with Crippen LogP contribution in [0, 0.1) is 12.7 Å². The van der Waals surface area contributed by atoms with Crippen LogP contribution in [0.5, 0.6) is 0 Å². The van der Waals surface area contributed by atoms with E-state index in [4.69, 9.17) is 11.6 Å². The average molecular weight is 305 g/mol. The summed E-state index contributed by atoms with van der Waals surface area (Å²) in [5, 5.41) is 1.04. The maximum absolute atomic E-state index is 13.4. The van der Waals surface area contributed by atoms with Crippen molar-refractivity contribution in [3.05, 3.63) is 43.4 Å². The van der Waals surface area contributed by atoms with Gasteiger partial charge in [-0.15, -0.1) is 0 Å². The van der Waals surface area contributed by atoms with E-state index in [0.29, 0.717) is 26.0 Å². The summed E-state index contributed by atoms with van der Waals surface area (Å²) in [6, 6.07) is 2.88. The minimum absolute atomic E-state index is 0.209. The van der Waals surface area contributed by atoms with Gasteiger partial charge in [0.2, 0.25) is 0 Å². The minimum Gasteiger partial charge on any atom is -0.311 e. The summed E-state index contributed by atoms with van der Waals surface area (Å²) in [5.41, 5.74) is 0.746. The first-order valence-corrected chi connectivity index (χ1v) is 5.74. The van der Waals surface area contributed by atoms with Crippen LogP contribution in [0.3, 0.4) is 0 Å². The molecule has 16 heavy (non-hydrogen) atoms. The van der Waals surface area contributed by atoms with Crippen molar-refractivity contribution >= 4 is 38.4 Å². The molecule has 0 bridgehead atoms. The molecular weight excluding hydrogens is 296 g/mol. The van der Waals surface area contributed by atoms with Gasteiger partial charge < -0.3 is 4.57 Å². The minimum atomic E-state index is -0.414. The summed E-state index contributed by atoms with van der Waals surface area (Å²) in [4.78, 5) is 11.7. The van der Waals surface area contributed by atoms with E-state index in [9.17, 15) is 9.18 Å². The Bertz CT molecular complexity index is 651. The number of aryl methyl sites for hydroxylation is 1. The summed E-state index contributed by atoms with van der Waals surface area (Å²) in [7, 11) is 1.60. The maximum Gasteiger partial charge on any atom is 0.255 e. The molecular formula is C11H8BrClFNO. The Morgan fingerprint density at radius 1 is 1.44 bits per heavy atom. The Morgan fingerprint density at radius 3 is 2.69 bits per heavy atom. The van der Waals surface area contributed by atoms with Crippen LogP contribution in [0.4, 0.5) is 4.39 Å². The van der Waals surface area contributed by atoms with E-state index in [-0.39, 0.29) is 5.56 Å². The summed E-state index contributed by atoms with van der Waals surface area (Å²) in [5.74, 6) is -0.414. The topological polar surface area (TPSA) is 22.0 Å². The van der Waals surface area contributed by atoms with Gasteiger partial charge in [0.05, 0.1) is 15.0 Å². The number of halogens is 3. The van der Waals surface area contributed by atoms with Crippen LogP contribution in [0.2, 0.25) is 5.02 Å². The highest BCUT2D eigenvalue weighted by Crippen LogP contribution is 2.28. The molecule has 2 nitrogen and oxygen atoms in total. The lowest BCUT2D eigenvalue weighted by molar-refractivity contribution is 0.622. The standard InChI is InChI=1S/C11H8BrClFNO/c1-5-10(13)6-3-7(12)8(14)4-9(6)15(2)11(5)16/h3-4H,1-2H3. The molecule has 0 aliphatic heterocycles. The molecule has 0 radical (unpaired) electrons. The Hall–Kier alpha value is -0.870. The fourth-order valence-corrected chi connectivity index (χ4v) is 2.22. The Balaban J connectivity index is 3.09. The van der Waals surface area contributed by atoms with Crippen LogP contribution in [0.15, 0.2) is 21.4 Å². The Labute approximate surface area is 105 Å². The molecule has 5 heteroatoms. The smallest absolute Gasteiger partial charge is 0.255 e. The van der Waals surface area contributed by atoms with Crippen LogP contribution in [0.1, 0.15) is 5.56 Å². The number of rotatable bonds is 0. The molecule has 0 spiro atoms. The predicted octanol–water partition coefficient (Wildman–Crippen LogP) is 3.40. The van der Waals surface area contributed by atoms with Crippen molar-refractivity contribution in [1.82, 2.24) is 4.57 Å². The van der Waals surface area contributed by atoms with Crippen LogP contribution in [0.25, 0.3) is 10.9 Å². The number of aromatic nitrogens is 1. The number of hydrogen-bond donors (Lipinski definition) is 0. The summed E-state index contributed by atoms with van der Waals surface area (Å²) < 4.78 is 15.1. The highest BCUT2D eigenvalue weighted by atomic mass is 79.9. The molecule has 0 saturated heterocycles. The lowest BCUT2D eigenvalue weighted by Gasteiger charge is -2.10. The third-order valence-corrected chi connectivity index (χ3v) is 3.69. The van der Waals surface area contributed by atoms with Crippen molar-refractivity contribution in [3.63, 3.8) is 0 Å². The number of nitrogens with zero attached hydrogens (tertiary/aromatic N) is 1. The van der Waals surface area contributed by atoms with Crippen LogP contribution >= 0.6 is 27.5 Å². The molecule has 2 aromatic rings. The molecule has 1 aromatic carbocycles. The average Bonchev–Trinajstić information content (AvgIpc) is 2.26. The van der Waals surface area contributed by atoms with E-state index in [1.54, 1.807) is 20.0 Å². The van der Waals surface area contributed by atoms with Crippen LogP contribution < -0.4 is 5.56 Å². The molecule has 0 unspecified atom stereocenters. The first-order valence-electron chi connectivity index (χ1n) is 4.57. The molecule has 0 aliphatic rings. The zero-order chi connectivity index (χ0) is 12.0. The van der Waals surface area contributed by atoms with E-state index in [1.807, 2.05) is 0 Å². The van der Waals surface area contributed by atoms with E-state index in [2.05, 4.69) is 15.9 Å². The van der Waals surface area contributed by atoms with Gasteiger partial charge in [-0.2, -0.15) is 0 Å². The summed E-state index contributed by atoms with van der Waals surface area (Å²) in [6.07, 6.45) is 0. The lowest BCUT2D eigenvalue weighted by Crippen LogP contribution is -2.20. The number of benzene rings is 1. The molecule has 0 fully saturated rings. The molecule has 84 valence electrons. The second-order valence-corrected chi connectivity index (χ2v) is 4.82. The SMILES string of the molecule is Cc1c(Cl)c2cc(Br)c(F)cc2n(C)c1=O. The fourth-order valence-electron chi connectivity index (χ4n) is 1.65. The first-order chi connectivity index (χ1) is 7.43. The summed E-state index contributed by atoms with van der Waals surface area (Å²) >= 11 is 9.17. The molecule has 1 aromatic heterocycles. The van der Waals surface area contributed by atoms with E-state index >= 15 is 0 Å². The highest BCUT2D eigenvalue weighted by Gasteiger charge is 2.12. The molecule has 0 saturated carbocycles. The van der Waals surface area contributed by atoms with Crippen molar-refractivity contribution in [2.75, 3.05) is 0 Å². The van der Waals surface area contributed by atoms with E-state index in [1.165, 1.54) is 10.6 Å². The molecule has 2 rings (SSSR count). The van der Waals surface area contributed by atoms with Crippen molar-refractivity contribution in [3.8, 4) is 0 Å². The monoisotopic (exact) mass is 303 g/mol. The van der Waals surface area contributed by atoms with Gasteiger partial charge >= 0.3 is 0 Å². The van der Waals surface area contributed by atoms with Gasteiger partial charge in [0.1, 0.15) is 5.82 Å². The fraction of sp³-hybridized carbons (Fsp3) is 0.182. The first kappa shape index (κ1) is 11.6. The Morgan fingerprint density at radius 2 is 2.06 bits per heavy atom. The van der Waals surface area contributed by atoms with Gasteiger partial charge in [-0.25, -0.2) is 4.39 Å². The molecule has 0 N–H and O–H groups in total. The van der Waals surface area contributed by atoms with Crippen molar-refractivity contribution < 1.29 is 4.39 Å². The van der Waals surface area contributed by atoms with E-state index < -0.39 is 5.82 Å². The molecule has 0 aliphatic carbocycles. The number of pyridine rings is 1. The van der Waals surface area contributed by atoms with Crippen LogP contribution in [-0.2, 0) is 7.05 Å². The van der Waals surface area contributed by atoms with Gasteiger partial charge in [-0.3, -0.25) is 4.79 Å².